The van der Waals surface area contributed by atoms with E-state index in [0.717, 1.165) is 5.56 Å². The molecule has 1 aromatic carbocycles. The van der Waals surface area contributed by atoms with Gasteiger partial charge in [-0.1, -0.05) is 35.5 Å². The normalized spacial score (nSPS) is 12.1. The molecule has 1 aromatic heterocycles. The van der Waals surface area contributed by atoms with Gasteiger partial charge in [0.05, 0.1) is 13.7 Å². The number of carbonyl (C=O) groups excluding carboxylic acids is 1. The van der Waals surface area contributed by atoms with Crippen LogP contribution in [-0.2, 0) is 16.1 Å². The molecule has 1 heterocycles. The van der Waals surface area contributed by atoms with Crippen molar-refractivity contribution in [2.45, 2.75) is 19.5 Å². The molecule has 0 aliphatic heterocycles. The van der Waals surface area contributed by atoms with Crippen LogP contribution in [0.5, 0.6) is 0 Å². The number of carbonyl (C=O) groups is 1. The van der Waals surface area contributed by atoms with Crippen molar-refractivity contribution in [3.8, 4) is 0 Å². The van der Waals surface area contributed by atoms with Gasteiger partial charge in [0, 0.05) is 0 Å². The topological polar surface area (TPSA) is 77.2 Å². The summed E-state index contributed by atoms with van der Waals surface area (Å²) in [6.07, 6.45) is 0. The van der Waals surface area contributed by atoms with E-state index < -0.39 is 6.04 Å². The zero-order chi connectivity index (χ0) is 13.7. The van der Waals surface area contributed by atoms with Gasteiger partial charge in [-0.3, -0.25) is 5.32 Å². The Kier molecular flexibility index (Phi) is 4.25. The Bertz CT molecular complexity index is 539. The summed E-state index contributed by atoms with van der Waals surface area (Å²) in [6, 6.07) is 8.77. The summed E-state index contributed by atoms with van der Waals surface area (Å²) < 4.78 is 9.78. The van der Waals surface area contributed by atoms with Crippen LogP contribution in [0.4, 0.5) is 0 Å². The highest BCUT2D eigenvalue weighted by molar-refractivity contribution is 5.77. The molecule has 0 saturated heterocycles. The molecular formula is C13H15N3O3. The van der Waals surface area contributed by atoms with Crippen LogP contribution in [0, 0.1) is 6.92 Å². The lowest BCUT2D eigenvalue weighted by Gasteiger charge is -2.15. The maximum atomic E-state index is 11.8. The van der Waals surface area contributed by atoms with Gasteiger partial charge < -0.3 is 9.26 Å². The quantitative estimate of drug-likeness (QED) is 0.819. The van der Waals surface area contributed by atoms with Crippen molar-refractivity contribution < 1.29 is 14.1 Å². The van der Waals surface area contributed by atoms with Crippen molar-refractivity contribution in [3.63, 3.8) is 0 Å². The van der Waals surface area contributed by atoms with E-state index in [1.54, 1.807) is 6.92 Å². The molecule has 6 nitrogen and oxygen atoms in total. The fourth-order valence-electron chi connectivity index (χ4n) is 1.70. The maximum absolute atomic E-state index is 11.8. The summed E-state index contributed by atoms with van der Waals surface area (Å²) in [5.41, 5.74) is 0.825. The Morgan fingerprint density at radius 1 is 1.42 bits per heavy atom. The van der Waals surface area contributed by atoms with Crippen molar-refractivity contribution in [1.82, 2.24) is 15.5 Å². The maximum Gasteiger partial charge on any atom is 0.327 e. The van der Waals surface area contributed by atoms with Gasteiger partial charge in [0.25, 0.3) is 0 Å². The monoisotopic (exact) mass is 261 g/mol. The summed E-state index contributed by atoms with van der Waals surface area (Å²) in [5.74, 6) is 0.635. The molecule has 6 heteroatoms. The van der Waals surface area contributed by atoms with E-state index in [0.29, 0.717) is 18.3 Å². The van der Waals surface area contributed by atoms with Gasteiger partial charge in [0.1, 0.15) is 6.04 Å². The highest BCUT2D eigenvalue weighted by atomic mass is 16.5. The first-order chi connectivity index (χ1) is 9.20. The van der Waals surface area contributed by atoms with Crippen LogP contribution in [0.15, 0.2) is 34.9 Å². The first-order valence-corrected chi connectivity index (χ1v) is 5.86. The predicted molar refractivity (Wildman–Crippen MR) is 67.1 cm³/mol. The van der Waals surface area contributed by atoms with Crippen LogP contribution in [0.2, 0.25) is 0 Å². The first kappa shape index (κ1) is 13.2. The van der Waals surface area contributed by atoms with E-state index in [1.807, 2.05) is 30.3 Å². The van der Waals surface area contributed by atoms with Crippen molar-refractivity contribution in [2.75, 3.05) is 7.11 Å². The first-order valence-electron chi connectivity index (χ1n) is 5.86. The van der Waals surface area contributed by atoms with E-state index in [-0.39, 0.29) is 5.97 Å². The van der Waals surface area contributed by atoms with Crippen LogP contribution in [0.1, 0.15) is 23.3 Å². The standard InChI is InChI=1S/C13H15N3O3/c1-9-15-11(19-16-9)8-14-12(13(17)18-2)10-6-4-3-5-7-10/h3-7,12,14H,8H2,1-2H3. The molecule has 0 radical (unpaired) electrons. The van der Waals surface area contributed by atoms with Crippen molar-refractivity contribution in [3.05, 3.63) is 47.6 Å². The Labute approximate surface area is 110 Å². The number of aryl methyl sites for hydroxylation is 1. The lowest BCUT2D eigenvalue weighted by atomic mass is 10.1. The summed E-state index contributed by atoms with van der Waals surface area (Å²) in [6.45, 7) is 2.04. The van der Waals surface area contributed by atoms with E-state index in [4.69, 9.17) is 9.26 Å². The second kappa shape index (κ2) is 6.10. The van der Waals surface area contributed by atoms with Gasteiger partial charge in [-0.25, -0.2) is 4.79 Å². The number of benzene rings is 1. The summed E-state index contributed by atoms with van der Waals surface area (Å²) in [7, 11) is 1.36. The van der Waals surface area contributed by atoms with E-state index in [9.17, 15) is 4.79 Å². The molecule has 0 aliphatic rings. The molecule has 1 atom stereocenters. The van der Waals surface area contributed by atoms with Crippen molar-refractivity contribution >= 4 is 5.97 Å². The number of esters is 1. The second-order valence-electron chi connectivity index (χ2n) is 3.98. The number of hydrogen-bond acceptors (Lipinski definition) is 6. The molecule has 0 saturated carbocycles. The molecule has 0 bridgehead atoms. The van der Waals surface area contributed by atoms with E-state index in [1.165, 1.54) is 7.11 Å². The highest BCUT2D eigenvalue weighted by Crippen LogP contribution is 2.14. The van der Waals surface area contributed by atoms with Crippen molar-refractivity contribution in [2.24, 2.45) is 0 Å². The minimum atomic E-state index is -0.557. The molecular weight excluding hydrogens is 246 g/mol. The van der Waals surface area contributed by atoms with Crippen molar-refractivity contribution in [1.29, 1.82) is 0 Å². The van der Waals surface area contributed by atoms with Gasteiger partial charge in [0.2, 0.25) is 5.89 Å². The zero-order valence-corrected chi connectivity index (χ0v) is 10.8. The van der Waals surface area contributed by atoms with Gasteiger partial charge in [-0.05, 0) is 12.5 Å². The fourth-order valence-corrected chi connectivity index (χ4v) is 1.70. The SMILES string of the molecule is COC(=O)C(NCc1nc(C)no1)c1ccccc1. The van der Waals surface area contributed by atoms with Gasteiger partial charge in [0.15, 0.2) is 5.82 Å². The van der Waals surface area contributed by atoms with Gasteiger partial charge in [-0.15, -0.1) is 0 Å². The molecule has 2 rings (SSSR count). The minimum absolute atomic E-state index is 0.301. The number of aromatic nitrogens is 2. The number of methoxy groups -OCH3 is 1. The van der Waals surface area contributed by atoms with Crippen LogP contribution in [0.25, 0.3) is 0 Å². The van der Waals surface area contributed by atoms with Crippen LogP contribution in [-0.4, -0.2) is 23.2 Å². The smallest absolute Gasteiger partial charge is 0.327 e. The fraction of sp³-hybridized carbons (Fsp3) is 0.308. The number of rotatable bonds is 5. The van der Waals surface area contributed by atoms with E-state index >= 15 is 0 Å². The Morgan fingerprint density at radius 2 is 2.16 bits per heavy atom. The highest BCUT2D eigenvalue weighted by Gasteiger charge is 2.21. The molecule has 2 aromatic rings. The van der Waals surface area contributed by atoms with Gasteiger partial charge >= 0.3 is 5.97 Å². The van der Waals surface area contributed by atoms with E-state index in [2.05, 4.69) is 15.5 Å². The number of ether oxygens (including phenoxy) is 1. The predicted octanol–water partition coefficient (Wildman–Crippen LogP) is 1.38. The van der Waals surface area contributed by atoms with Crippen LogP contribution >= 0.6 is 0 Å². The number of nitrogens with one attached hydrogen (secondary N) is 1. The number of hydrogen-bond donors (Lipinski definition) is 1. The summed E-state index contributed by atoms with van der Waals surface area (Å²) in [5, 5.41) is 6.74. The Hall–Kier alpha value is -2.21. The third-order valence-electron chi connectivity index (χ3n) is 2.60. The molecule has 1 N–H and O–H groups in total. The lowest BCUT2D eigenvalue weighted by Crippen LogP contribution is -2.29. The molecule has 0 aliphatic carbocycles. The largest absolute Gasteiger partial charge is 0.468 e. The summed E-state index contributed by atoms with van der Waals surface area (Å²) >= 11 is 0. The van der Waals surface area contributed by atoms with Gasteiger partial charge in [-0.2, -0.15) is 4.98 Å². The Morgan fingerprint density at radius 3 is 2.74 bits per heavy atom. The van der Waals surface area contributed by atoms with Crippen LogP contribution < -0.4 is 5.32 Å². The lowest BCUT2D eigenvalue weighted by molar-refractivity contribution is -0.143. The third kappa shape index (κ3) is 3.38. The Balaban J connectivity index is 2.09. The average Bonchev–Trinajstić information content (AvgIpc) is 2.85. The molecule has 1 unspecified atom stereocenters. The average molecular weight is 261 g/mol. The third-order valence-corrected chi connectivity index (χ3v) is 2.60. The minimum Gasteiger partial charge on any atom is -0.468 e. The summed E-state index contributed by atoms with van der Waals surface area (Å²) in [4.78, 5) is 15.9. The molecule has 0 amide bonds. The second-order valence-corrected chi connectivity index (χ2v) is 3.98. The van der Waals surface area contributed by atoms with Crippen LogP contribution in [0.3, 0.4) is 0 Å². The number of nitrogens with zero attached hydrogens (tertiary/aromatic N) is 2. The molecule has 19 heavy (non-hydrogen) atoms. The zero-order valence-electron chi connectivity index (χ0n) is 10.8. The molecule has 100 valence electrons. The molecule has 0 fully saturated rings. The molecule has 0 spiro atoms.